The molecule has 0 aliphatic carbocycles. The Morgan fingerprint density at radius 1 is 1.24 bits per heavy atom. The van der Waals surface area contributed by atoms with Crippen LogP contribution in [0.3, 0.4) is 0 Å². The third-order valence-corrected chi connectivity index (χ3v) is 5.15. The number of aromatic nitrogens is 2. The van der Waals surface area contributed by atoms with Crippen LogP contribution in [0.25, 0.3) is 0 Å². The van der Waals surface area contributed by atoms with Crippen molar-refractivity contribution in [3.63, 3.8) is 0 Å². The summed E-state index contributed by atoms with van der Waals surface area (Å²) in [7, 11) is 1.67. The molecule has 0 saturated carbocycles. The van der Waals surface area contributed by atoms with Crippen molar-refractivity contribution in [2.24, 2.45) is 5.10 Å². The molecule has 0 radical (unpaired) electrons. The molecule has 4 heterocycles. The molecule has 9 nitrogen and oxygen atoms in total. The van der Waals surface area contributed by atoms with Gasteiger partial charge in [-0.1, -0.05) is 0 Å². The van der Waals surface area contributed by atoms with Gasteiger partial charge in [0.15, 0.2) is 17.1 Å². The number of ether oxygens (including phenoxy) is 1. The molecular weight excluding hydrogens is 372 g/mol. The van der Waals surface area contributed by atoms with Gasteiger partial charge in [-0.15, -0.1) is 0 Å². The highest BCUT2D eigenvalue weighted by molar-refractivity contribution is 5.95. The summed E-state index contributed by atoms with van der Waals surface area (Å²) in [6.07, 6.45) is 7.23. The number of carbonyl (C=O) groups is 2. The number of pyridine rings is 2. The zero-order chi connectivity index (χ0) is 20.2. The SMILES string of the molecule is CN/N=c1/cc(N2CCOc3cc(C(=O)N4CCCCC4)cnc32)ccn1C=O. The van der Waals surface area contributed by atoms with Gasteiger partial charge in [-0.2, -0.15) is 5.10 Å². The quantitative estimate of drug-likeness (QED) is 0.615. The van der Waals surface area contributed by atoms with Gasteiger partial charge < -0.3 is 20.0 Å². The molecule has 0 atom stereocenters. The monoisotopic (exact) mass is 396 g/mol. The zero-order valence-electron chi connectivity index (χ0n) is 16.4. The van der Waals surface area contributed by atoms with Crippen LogP contribution in [-0.2, 0) is 4.79 Å². The predicted octanol–water partition coefficient (Wildman–Crippen LogP) is 1.11. The van der Waals surface area contributed by atoms with E-state index in [9.17, 15) is 9.59 Å². The van der Waals surface area contributed by atoms with Crippen LogP contribution in [0.5, 0.6) is 5.75 Å². The first kappa shape index (κ1) is 19.0. The zero-order valence-corrected chi connectivity index (χ0v) is 16.4. The molecule has 2 aliphatic rings. The molecule has 9 heteroatoms. The lowest BCUT2D eigenvalue weighted by atomic mass is 10.1. The molecule has 0 unspecified atom stereocenters. The standard InChI is InChI=1S/C20H24N6O3/c1-21-23-18-12-16(5-8-25(18)14-27)26-9-10-29-17-11-15(13-22-19(17)26)20(28)24-6-3-2-4-7-24/h5,8,11-14,21H,2-4,6-7,9-10H2,1H3/b23-18-. The Hall–Kier alpha value is -3.36. The molecule has 2 aliphatic heterocycles. The Labute approximate surface area is 168 Å². The van der Waals surface area contributed by atoms with Crippen LogP contribution < -0.4 is 20.6 Å². The summed E-state index contributed by atoms with van der Waals surface area (Å²) in [5.74, 6) is 1.23. The fourth-order valence-corrected chi connectivity index (χ4v) is 3.70. The molecule has 0 aromatic carbocycles. The minimum Gasteiger partial charge on any atom is -0.488 e. The maximum atomic E-state index is 12.8. The molecule has 2 aromatic heterocycles. The number of anilines is 2. The first-order chi connectivity index (χ1) is 14.2. The molecular formula is C20H24N6O3. The maximum Gasteiger partial charge on any atom is 0.255 e. The molecule has 2 aromatic rings. The lowest BCUT2D eigenvalue weighted by Gasteiger charge is -2.31. The number of amides is 1. The maximum absolute atomic E-state index is 12.8. The second-order valence-electron chi connectivity index (χ2n) is 6.99. The highest BCUT2D eigenvalue weighted by atomic mass is 16.5. The third kappa shape index (κ3) is 3.80. The molecule has 1 N–H and O–H groups in total. The third-order valence-electron chi connectivity index (χ3n) is 5.15. The molecule has 0 spiro atoms. The van der Waals surface area contributed by atoms with E-state index in [0.29, 0.717) is 42.2 Å². The lowest BCUT2D eigenvalue weighted by molar-refractivity contribution is 0.0723. The van der Waals surface area contributed by atoms with E-state index in [-0.39, 0.29) is 5.91 Å². The first-order valence-electron chi connectivity index (χ1n) is 9.79. The highest BCUT2D eigenvalue weighted by Crippen LogP contribution is 2.35. The Kier molecular flexibility index (Phi) is 5.46. The van der Waals surface area contributed by atoms with Gasteiger partial charge in [0, 0.05) is 44.3 Å². The number of fused-ring (bicyclic) bond motifs is 1. The van der Waals surface area contributed by atoms with Crippen LogP contribution in [0.1, 0.15) is 29.6 Å². The van der Waals surface area contributed by atoms with E-state index in [1.807, 2.05) is 15.9 Å². The molecule has 4 rings (SSSR count). The van der Waals surface area contributed by atoms with Gasteiger partial charge in [0.05, 0.1) is 12.1 Å². The van der Waals surface area contributed by atoms with E-state index < -0.39 is 0 Å². The molecule has 1 fully saturated rings. The predicted molar refractivity (Wildman–Crippen MR) is 108 cm³/mol. The highest BCUT2D eigenvalue weighted by Gasteiger charge is 2.25. The average molecular weight is 396 g/mol. The van der Waals surface area contributed by atoms with E-state index in [4.69, 9.17) is 4.74 Å². The Morgan fingerprint density at radius 3 is 2.83 bits per heavy atom. The second-order valence-corrected chi connectivity index (χ2v) is 6.99. The fraction of sp³-hybridized carbons (Fsp3) is 0.400. The van der Waals surface area contributed by atoms with Crippen molar-refractivity contribution >= 4 is 23.8 Å². The van der Waals surface area contributed by atoms with E-state index in [1.165, 1.54) is 11.0 Å². The number of hydrogen-bond acceptors (Lipinski definition) is 7. The van der Waals surface area contributed by atoms with Crippen LogP contribution in [0.4, 0.5) is 11.5 Å². The number of carbonyl (C=O) groups excluding carboxylic acids is 2. The van der Waals surface area contributed by atoms with Crippen molar-refractivity contribution in [2.75, 3.05) is 38.2 Å². The van der Waals surface area contributed by atoms with Gasteiger partial charge in [-0.05, 0) is 31.4 Å². The summed E-state index contributed by atoms with van der Waals surface area (Å²) in [5, 5.41) is 4.13. The average Bonchev–Trinajstić information content (AvgIpc) is 2.78. The number of nitrogens with zero attached hydrogens (tertiary/aromatic N) is 5. The van der Waals surface area contributed by atoms with Gasteiger partial charge in [0.25, 0.3) is 5.91 Å². The summed E-state index contributed by atoms with van der Waals surface area (Å²) >= 11 is 0. The van der Waals surface area contributed by atoms with Crippen LogP contribution in [0, 0.1) is 0 Å². The Morgan fingerprint density at radius 2 is 2.07 bits per heavy atom. The van der Waals surface area contributed by atoms with Gasteiger partial charge in [0.2, 0.25) is 6.41 Å². The van der Waals surface area contributed by atoms with Crippen molar-refractivity contribution in [3.05, 3.63) is 41.6 Å². The minimum atomic E-state index is 0.00238. The van der Waals surface area contributed by atoms with E-state index in [1.54, 1.807) is 31.6 Å². The van der Waals surface area contributed by atoms with Crippen molar-refractivity contribution < 1.29 is 14.3 Å². The first-order valence-corrected chi connectivity index (χ1v) is 9.79. The topological polar surface area (TPSA) is 92.1 Å². The van der Waals surface area contributed by atoms with Gasteiger partial charge in [0.1, 0.15) is 6.61 Å². The number of hydrogen-bond donors (Lipinski definition) is 1. The summed E-state index contributed by atoms with van der Waals surface area (Å²) < 4.78 is 7.19. The number of likely N-dealkylation sites (tertiary alicyclic amines) is 1. The Balaban J connectivity index is 1.65. The van der Waals surface area contributed by atoms with Crippen LogP contribution in [0.15, 0.2) is 35.7 Å². The van der Waals surface area contributed by atoms with Crippen LogP contribution in [-0.4, -0.2) is 60.1 Å². The minimum absolute atomic E-state index is 0.00238. The van der Waals surface area contributed by atoms with Gasteiger partial charge in [-0.3, -0.25) is 14.2 Å². The van der Waals surface area contributed by atoms with Crippen molar-refractivity contribution in [3.8, 4) is 5.75 Å². The Bertz CT molecular complexity index is 980. The number of piperidine rings is 1. The summed E-state index contributed by atoms with van der Waals surface area (Å²) in [4.78, 5) is 32.4. The van der Waals surface area contributed by atoms with Crippen LogP contribution in [0.2, 0.25) is 0 Å². The summed E-state index contributed by atoms with van der Waals surface area (Å²) in [6, 6.07) is 5.40. The second kappa shape index (κ2) is 8.34. The van der Waals surface area contributed by atoms with Crippen LogP contribution >= 0.6 is 0 Å². The summed E-state index contributed by atoms with van der Waals surface area (Å²) in [6.45, 7) is 2.66. The van der Waals surface area contributed by atoms with Crippen molar-refractivity contribution in [1.29, 1.82) is 0 Å². The van der Waals surface area contributed by atoms with Crippen molar-refractivity contribution in [1.82, 2.24) is 19.9 Å². The largest absolute Gasteiger partial charge is 0.488 e. The van der Waals surface area contributed by atoms with Gasteiger partial charge >= 0.3 is 0 Å². The molecule has 1 saturated heterocycles. The number of rotatable bonds is 4. The normalized spacial score (nSPS) is 16.8. The van der Waals surface area contributed by atoms with Gasteiger partial charge in [-0.25, -0.2) is 4.98 Å². The molecule has 0 bridgehead atoms. The summed E-state index contributed by atoms with van der Waals surface area (Å²) in [5.41, 5.74) is 4.56. The number of nitrogens with one attached hydrogen (secondary N) is 1. The molecule has 1 amide bonds. The van der Waals surface area contributed by atoms with E-state index in [2.05, 4.69) is 15.5 Å². The van der Waals surface area contributed by atoms with E-state index in [0.717, 1.165) is 31.6 Å². The lowest BCUT2D eigenvalue weighted by Crippen LogP contribution is -2.36. The smallest absolute Gasteiger partial charge is 0.255 e. The van der Waals surface area contributed by atoms with E-state index >= 15 is 0 Å². The fourth-order valence-electron chi connectivity index (χ4n) is 3.70. The van der Waals surface area contributed by atoms with Crippen molar-refractivity contribution in [2.45, 2.75) is 19.3 Å². The molecule has 152 valence electrons. The molecule has 29 heavy (non-hydrogen) atoms.